The van der Waals surface area contributed by atoms with Crippen molar-refractivity contribution >= 4 is 46.0 Å². The van der Waals surface area contributed by atoms with Crippen LogP contribution in [-0.4, -0.2) is 23.5 Å². The van der Waals surface area contributed by atoms with Gasteiger partial charge >= 0.3 is 5.97 Å². The van der Waals surface area contributed by atoms with Crippen LogP contribution in [0.1, 0.15) is 22.3 Å². The molecule has 1 aromatic heterocycles. The number of aromatic nitrogens is 1. The summed E-state index contributed by atoms with van der Waals surface area (Å²) in [5.74, 6) is -1.05. The van der Waals surface area contributed by atoms with Crippen LogP contribution in [0.4, 0.5) is 5.13 Å². The van der Waals surface area contributed by atoms with E-state index < -0.39 is 11.9 Å². The van der Waals surface area contributed by atoms with Crippen molar-refractivity contribution in [2.45, 2.75) is 20.8 Å². The van der Waals surface area contributed by atoms with Gasteiger partial charge in [0.05, 0.1) is 5.69 Å². The maximum absolute atomic E-state index is 12.1. The van der Waals surface area contributed by atoms with E-state index in [0.29, 0.717) is 10.2 Å². The predicted octanol–water partition coefficient (Wildman–Crippen LogP) is 5.58. The maximum Gasteiger partial charge on any atom is 0.331 e. The summed E-state index contributed by atoms with van der Waals surface area (Å²) in [5, 5.41) is 5.65. The zero-order valence-electron chi connectivity index (χ0n) is 16.9. The second-order valence-corrected chi connectivity index (χ2v) is 8.15. The van der Waals surface area contributed by atoms with Crippen molar-refractivity contribution in [3.63, 3.8) is 0 Å². The zero-order valence-corrected chi connectivity index (χ0v) is 18.4. The number of thiazole rings is 1. The Morgan fingerprint density at radius 1 is 1.13 bits per heavy atom. The third kappa shape index (κ3) is 5.78. The van der Waals surface area contributed by atoms with Gasteiger partial charge in [0.15, 0.2) is 11.7 Å². The quantitative estimate of drug-likeness (QED) is 0.401. The molecular formula is C23H21ClN2O3S. The molecule has 0 unspecified atom stereocenters. The smallest absolute Gasteiger partial charge is 0.331 e. The van der Waals surface area contributed by atoms with Gasteiger partial charge < -0.3 is 4.74 Å². The summed E-state index contributed by atoms with van der Waals surface area (Å²) in [6.45, 7) is 5.76. The molecular weight excluding hydrogens is 420 g/mol. The average Bonchev–Trinajstić information content (AvgIpc) is 3.13. The van der Waals surface area contributed by atoms with E-state index in [1.54, 1.807) is 30.3 Å². The zero-order chi connectivity index (χ0) is 21.7. The summed E-state index contributed by atoms with van der Waals surface area (Å²) in [7, 11) is 0. The number of hydrogen-bond acceptors (Lipinski definition) is 5. The lowest BCUT2D eigenvalue weighted by atomic mass is 9.98. The first kappa shape index (κ1) is 21.7. The Bertz CT molecular complexity index is 1080. The number of carbonyl (C=O) groups excluding carboxylic acids is 2. The summed E-state index contributed by atoms with van der Waals surface area (Å²) in [4.78, 5) is 28.4. The van der Waals surface area contributed by atoms with Gasteiger partial charge in [0.25, 0.3) is 5.91 Å². The first-order chi connectivity index (χ1) is 14.3. The first-order valence-electron chi connectivity index (χ1n) is 9.26. The van der Waals surface area contributed by atoms with Crippen LogP contribution in [0, 0.1) is 20.8 Å². The summed E-state index contributed by atoms with van der Waals surface area (Å²) >= 11 is 7.15. The fourth-order valence-electron chi connectivity index (χ4n) is 3.11. The minimum Gasteiger partial charge on any atom is -0.452 e. The fraction of sp³-hybridized carbons (Fsp3) is 0.174. The van der Waals surface area contributed by atoms with Crippen molar-refractivity contribution in [1.82, 2.24) is 4.98 Å². The number of nitrogens with zero attached hydrogens (tertiary/aromatic N) is 1. The third-order valence-electron chi connectivity index (χ3n) is 4.31. The van der Waals surface area contributed by atoms with E-state index in [9.17, 15) is 9.59 Å². The van der Waals surface area contributed by atoms with Crippen LogP contribution in [0.3, 0.4) is 0 Å². The van der Waals surface area contributed by atoms with Crippen molar-refractivity contribution in [2.24, 2.45) is 0 Å². The minimum atomic E-state index is -0.606. The molecule has 5 nitrogen and oxygen atoms in total. The highest BCUT2D eigenvalue weighted by molar-refractivity contribution is 7.14. The molecule has 3 rings (SSSR count). The summed E-state index contributed by atoms with van der Waals surface area (Å²) in [6, 6.07) is 11.2. The number of hydrogen-bond donors (Lipinski definition) is 1. The van der Waals surface area contributed by atoms with Gasteiger partial charge in [-0.3, -0.25) is 10.1 Å². The number of amides is 1. The Morgan fingerprint density at radius 3 is 2.47 bits per heavy atom. The second-order valence-electron chi connectivity index (χ2n) is 6.85. The number of ether oxygens (including phenoxy) is 1. The lowest BCUT2D eigenvalue weighted by Crippen LogP contribution is -2.20. The molecule has 30 heavy (non-hydrogen) atoms. The molecule has 1 N–H and O–H groups in total. The topological polar surface area (TPSA) is 68.3 Å². The number of carbonyl (C=O) groups is 2. The van der Waals surface area contributed by atoms with E-state index in [0.717, 1.165) is 27.9 Å². The lowest BCUT2D eigenvalue weighted by Gasteiger charge is -2.08. The molecule has 1 amide bonds. The number of aryl methyl sites for hydroxylation is 3. The normalized spacial score (nSPS) is 10.9. The molecule has 154 valence electrons. The van der Waals surface area contributed by atoms with Gasteiger partial charge in [-0.15, -0.1) is 11.3 Å². The summed E-state index contributed by atoms with van der Waals surface area (Å²) in [6.07, 6.45) is 2.86. The molecule has 0 aliphatic rings. The Balaban J connectivity index is 1.54. The van der Waals surface area contributed by atoms with Gasteiger partial charge in [0, 0.05) is 22.0 Å². The molecule has 0 aliphatic carbocycles. The average molecular weight is 441 g/mol. The summed E-state index contributed by atoms with van der Waals surface area (Å²) in [5.41, 5.74) is 6.15. The van der Waals surface area contributed by atoms with Crippen molar-refractivity contribution in [3.05, 3.63) is 75.1 Å². The van der Waals surface area contributed by atoms with E-state index in [4.69, 9.17) is 16.3 Å². The highest BCUT2D eigenvalue weighted by atomic mass is 35.5. The van der Waals surface area contributed by atoms with Crippen LogP contribution < -0.4 is 5.32 Å². The molecule has 0 atom stereocenters. The SMILES string of the molecule is Cc1cc(C)c(-c2csc(NC(=O)COC(=O)/C=C/c3ccc(Cl)cc3)n2)c(C)c1. The number of anilines is 1. The monoisotopic (exact) mass is 440 g/mol. The van der Waals surface area contributed by atoms with E-state index in [1.807, 2.05) is 19.2 Å². The van der Waals surface area contributed by atoms with Crippen LogP contribution >= 0.6 is 22.9 Å². The van der Waals surface area contributed by atoms with Crippen LogP contribution in [0.5, 0.6) is 0 Å². The molecule has 2 aromatic carbocycles. The third-order valence-corrected chi connectivity index (χ3v) is 5.32. The number of rotatable bonds is 6. The Hall–Kier alpha value is -2.96. The molecule has 0 saturated carbocycles. The molecule has 0 radical (unpaired) electrons. The van der Waals surface area contributed by atoms with Gasteiger partial charge in [0.1, 0.15) is 0 Å². The molecule has 1 heterocycles. The molecule has 0 aliphatic heterocycles. The fourth-order valence-corrected chi connectivity index (χ4v) is 3.95. The predicted molar refractivity (Wildman–Crippen MR) is 122 cm³/mol. The van der Waals surface area contributed by atoms with Crippen molar-refractivity contribution in [3.8, 4) is 11.3 Å². The molecule has 0 saturated heterocycles. The number of esters is 1. The molecule has 0 fully saturated rings. The number of halogens is 1. The van der Waals surface area contributed by atoms with Crippen molar-refractivity contribution in [2.75, 3.05) is 11.9 Å². The van der Waals surface area contributed by atoms with Gasteiger partial charge in [-0.2, -0.15) is 0 Å². The van der Waals surface area contributed by atoms with E-state index in [2.05, 4.69) is 29.4 Å². The maximum atomic E-state index is 12.1. The number of nitrogens with one attached hydrogen (secondary N) is 1. The standard InChI is InChI=1S/C23H21ClN2O3S/c1-14-10-15(2)22(16(3)11-14)19-13-30-23(25-19)26-20(27)12-29-21(28)9-6-17-4-7-18(24)8-5-17/h4-11,13H,12H2,1-3H3,(H,25,26,27)/b9-6+. The largest absolute Gasteiger partial charge is 0.452 e. The molecule has 0 spiro atoms. The van der Waals surface area contributed by atoms with Crippen molar-refractivity contribution in [1.29, 1.82) is 0 Å². The molecule has 7 heteroatoms. The van der Waals surface area contributed by atoms with Crippen molar-refractivity contribution < 1.29 is 14.3 Å². The Kier molecular flexibility index (Phi) is 7.03. The minimum absolute atomic E-state index is 0.388. The van der Waals surface area contributed by atoms with Crippen LogP contribution in [0.25, 0.3) is 17.3 Å². The lowest BCUT2D eigenvalue weighted by molar-refractivity contribution is -0.142. The molecule has 0 bridgehead atoms. The van der Waals surface area contributed by atoms with Crippen LogP contribution in [-0.2, 0) is 14.3 Å². The van der Waals surface area contributed by atoms with Crippen LogP contribution in [0.2, 0.25) is 5.02 Å². The highest BCUT2D eigenvalue weighted by Crippen LogP contribution is 2.31. The van der Waals surface area contributed by atoms with E-state index in [-0.39, 0.29) is 6.61 Å². The van der Waals surface area contributed by atoms with Gasteiger partial charge in [-0.05, 0) is 55.7 Å². The highest BCUT2D eigenvalue weighted by Gasteiger charge is 2.13. The molecule has 3 aromatic rings. The van der Waals surface area contributed by atoms with E-state index >= 15 is 0 Å². The van der Waals surface area contributed by atoms with E-state index in [1.165, 1.54) is 23.0 Å². The van der Waals surface area contributed by atoms with Crippen LogP contribution in [0.15, 0.2) is 47.9 Å². The number of benzene rings is 2. The second kappa shape index (κ2) is 9.69. The van der Waals surface area contributed by atoms with Gasteiger partial charge in [-0.1, -0.05) is 41.4 Å². The van der Waals surface area contributed by atoms with Gasteiger partial charge in [0.2, 0.25) is 0 Å². The van der Waals surface area contributed by atoms with Gasteiger partial charge in [-0.25, -0.2) is 9.78 Å². The Morgan fingerprint density at radius 2 is 1.80 bits per heavy atom. The first-order valence-corrected chi connectivity index (χ1v) is 10.5. The summed E-state index contributed by atoms with van der Waals surface area (Å²) < 4.78 is 4.98. The Labute approximate surface area is 184 Å².